The van der Waals surface area contributed by atoms with Gasteiger partial charge >= 0.3 is 12.1 Å². The van der Waals surface area contributed by atoms with Crippen LogP contribution in [-0.2, 0) is 26.4 Å². The number of esters is 1. The number of hydrogen-bond donors (Lipinski definition) is 2. The normalized spacial score (nSPS) is 14.1. The summed E-state index contributed by atoms with van der Waals surface area (Å²) in [5, 5.41) is 30.8. The summed E-state index contributed by atoms with van der Waals surface area (Å²) in [6.07, 6.45) is 1.73. The van der Waals surface area contributed by atoms with Crippen molar-refractivity contribution in [3.8, 4) is 17.3 Å². The monoisotopic (exact) mass is 717 g/mol. The highest BCUT2D eigenvalue weighted by atomic mass is 32.1. The molecule has 3 aromatic heterocycles. The summed E-state index contributed by atoms with van der Waals surface area (Å²) in [6.45, 7) is 4.19. The average molecular weight is 718 g/mol. The minimum absolute atomic E-state index is 0.191. The van der Waals surface area contributed by atoms with E-state index < -0.39 is 47.7 Å². The summed E-state index contributed by atoms with van der Waals surface area (Å²) in [5.74, 6) is -2.75. The van der Waals surface area contributed by atoms with Crippen molar-refractivity contribution in [2.75, 3.05) is 19.0 Å². The number of aromatic nitrogens is 5. The van der Waals surface area contributed by atoms with Gasteiger partial charge in [-0.15, -0.1) is 16.0 Å². The number of amides is 1. The van der Waals surface area contributed by atoms with E-state index in [1.54, 1.807) is 62.7 Å². The Labute approximate surface area is 296 Å². The van der Waals surface area contributed by atoms with Crippen LogP contribution in [0.1, 0.15) is 60.8 Å². The van der Waals surface area contributed by atoms with Crippen LogP contribution in [-0.4, -0.2) is 51.0 Å². The standard InChI is InChI=1S/C35H35F2N8O5S/c1-21(33-42-30(17-51-33)25-10-8-24(16-38)9-11-25)35(48,28-15-26(36)12-13-29(28)37)18-45-20-44(19-41-45)22(2)49-34(47)43(5)31-27(7-6-14-40-31)32(39-4)50-23(3)46/h6-15,17,19-22,32,39,48H,18H2,1-5H3/q+1/t21-,22?,32?,35+/m0/s1. The molecule has 0 aliphatic rings. The number of hydrogen-bond acceptors (Lipinski definition) is 11. The van der Waals surface area contributed by atoms with Gasteiger partial charge in [-0.25, -0.2) is 23.5 Å². The molecule has 0 aliphatic carbocycles. The molecule has 2 N–H and O–H groups in total. The number of nitriles is 1. The van der Waals surface area contributed by atoms with E-state index in [0.717, 1.165) is 28.7 Å². The molecule has 0 spiro atoms. The van der Waals surface area contributed by atoms with Gasteiger partial charge in [0.05, 0.1) is 27.9 Å². The Morgan fingerprint density at radius 2 is 1.92 bits per heavy atom. The highest BCUT2D eigenvalue weighted by Crippen LogP contribution is 2.41. The molecule has 51 heavy (non-hydrogen) atoms. The molecule has 2 unspecified atom stereocenters. The maximum Gasteiger partial charge on any atom is 0.418 e. The Morgan fingerprint density at radius 3 is 2.61 bits per heavy atom. The predicted molar refractivity (Wildman–Crippen MR) is 181 cm³/mol. The Hall–Kier alpha value is -5.63. The largest absolute Gasteiger partial charge is 0.442 e. The van der Waals surface area contributed by atoms with Crippen LogP contribution in [0.15, 0.2) is 78.8 Å². The molecule has 0 saturated heterocycles. The summed E-state index contributed by atoms with van der Waals surface area (Å²) >= 11 is 1.25. The van der Waals surface area contributed by atoms with Crippen molar-refractivity contribution in [1.29, 1.82) is 5.26 Å². The van der Waals surface area contributed by atoms with Crippen LogP contribution in [0.3, 0.4) is 0 Å². The van der Waals surface area contributed by atoms with E-state index in [2.05, 4.69) is 21.5 Å². The topological polar surface area (TPSA) is 159 Å². The van der Waals surface area contributed by atoms with Gasteiger partial charge in [-0.1, -0.05) is 19.1 Å². The highest BCUT2D eigenvalue weighted by molar-refractivity contribution is 7.10. The van der Waals surface area contributed by atoms with Gasteiger partial charge in [-0.2, -0.15) is 9.83 Å². The molecule has 0 radical (unpaired) electrons. The van der Waals surface area contributed by atoms with E-state index in [4.69, 9.17) is 19.7 Å². The minimum Gasteiger partial charge on any atom is -0.442 e. The van der Waals surface area contributed by atoms with Crippen molar-refractivity contribution < 1.29 is 37.5 Å². The fraction of sp³-hybridized carbons (Fsp3) is 0.286. The van der Waals surface area contributed by atoms with Crippen LogP contribution in [0.25, 0.3) is 11.3 Å². The lowest BCUT2D eigenvalue weighted by molar-refractivity contribution is -0.753. The Kier molecular flexibility index (Phi) is 11.1. The number of rotatable bonds is 12. The van der Waals surface area contributed by atoms with E-state index in [0.29, 0.717) is 21.8 Å². The third kappa shape index (κ3) is 8.07. The van der Waals surface area contributed by atoms with Crippen molar-refractivity contribution in [3.05, 3.63) is 112 Å². The van der Waals surface area contributed by atoms with Gasteiger partial charge in [0.15, 0.2) is 6.23 Å². The molecule has 13 nitrogen and oxygen atoms in total. The predicted octanol–water partition coefficient (Wildman–Crippen LogP) is 5.10. The number of carbonyl (C=O) groups excluding carboxylic acids is 2. The first-order valence-corrected chi connectivity index (χ1v) is 16.5. The Balaban J connectivity index is 1.38. The molecule has 5 aromatic rings. The molecule has 0 aliphatic heterocycles. The van der Waals surface area contributed by atoms with Crippen LogP contribution in [0.5, 0.6) is 0 Å². The molecule has 2 aromatic carbocycles. The second kappa shape index (κ2) is 15.5. The van der Waals surface area contributed by atoms with Gasteiger partial charge in [0.2, 0.25) is 12.6 Å². The van der Waals surface area contributed by atoms with E-state index in [1.165, 1.54) is 53.4 Å². The van der Waals surface area contributed by atoms with Gasteiger partial charge < -0.3 is 14.6 Å². The fourth-order valence-corrected chi connectivity index (χ4v) is 6.36. The first-order chi connectivity index (χ1) is 24.3. The summed E-state index contributed by atoms with van der Waals surface area (Å²) in [4.78, 5) is 35.0. The summed E-state index contributed by atoms with van der Waals surface area (Å²) in [5.41, 5.74) is -0.0732. The summed E-state index contributed by atoms with van der Waals surface area (Å²) in [6, 6.07) is 15.1. The average Bonchev–Trinajstić information content (AvgIpc) is 3.81. The van der Waals surface area contributed by atoms with Gasteiger partial charge in [-0.3, -0.25) is 15.0 Å². The van der Waals surface area contributed by atoms with E-state index in [9.17, 15) is 19.1 Å². The maximum atomic E-state index is 15.3. The van der Waals surface area contributed by atoms with Gasteiger partial charge in [0.25, 0.3) is 6.33 Å². The van der Waals surface area contributed by atoms with E-state index in [-0.39, 0.29) is 17.9 Å². The lowest BCUT2D eigenvalue weighted by atomic mass is 9.82. The summed E-state index contributed by atoms with van der Waals surface area (Å²) < 4.78 is 43.6. The van der Waals surface area contributed by atoms with Gasteiger partial charge in [0.1, 0.15) is 29.6 Å². The zero-order chi connectivity index (χ0) is 36.9. The third-order valence-electron chi connectivity index (χ3n) is 8.24. The number of anilines is 1. The maximum absolute atomic E-state index is 15.3. The number of nitrogens with one attached hydrogen (secondary N) is 1. The first kappa shape index (κ1) is 36.6. The first-order valence-electron chi connectivity index (χ1n) is 15.6. The summed E-state index contributed by atoms with van der Waals surface area (Å²) in [7, 11) is 3.05. The van der Waals surface area contributed by atoms with Gasteiger partial charge in [0, 0.05) is 54.6 Å². The molecule has 16 heteroatoms. The lowest BCUT2D eigenvalue weighted by Crippen LogP contribution is -2.42. The van der Waals surface area contributed by atoms with Crippen molar-refractivity contribution in [3.63, 3.8) is 0 Å². The molecule has 0 saturated carbocycles. The molecule has 3 heterocycles. The molecule has 5 rings (SSSR count). The SMILES string of the molecule is CNC(OC(C)=O)c1cccnc1N(C)C(=O)OC(C)[n+]1cnn(C[C@](O)(c2cc(F)ccc2F)[C@@H](C)c2nc(-c3ccc(C#N)cc3)cs2)c1. The van der Waals surface area contributed by atoms with Gasteiger partial charge in [-0.05, 0) is 49.5 Å². The second-order valence-corrected chi connectivity index (χ2v) is 12.5. The molecule has 4 atom stereocenters. The number of pyridine rings is 1. The fourth-order valence-electron chi connectivity index (χ4n) is 5.39. The number of benzene rings is 2. The number of carbonyl (C=O) groups is 2. The van der Waals surface area contributed by atoms with Crippen LogP contribution >= 0.6 is 11.3 Å². The highest BCUT2D eigenvalue weighted by Gasteiger charge is 2.43. The van der Waals surface area contributed by atoms with Crippen molar-refractivity contribution >= 4 is 29.2 Å². The zero-order valence-electron chi connectivity index (χ0n) is 28.3. The molecule has 0 fully saturated rings. The molecular weight excluding hydrogens is 682 g/mol. The molecular formula is C35H35F2N8O5S+. The number of nitrogens with zero attached hydrogens (tertiary/aromatic N) is 7. The molecule has 1 amide bonds. The number of halogens is 2. The Bertz CT molecular complexity index is 2070. The Morgan fingerprint density at radius 1 is 1.18 bits per heavy atom. The molecule has 0 bridgehead atoms. The van der Waals surface area contributed by atoms with Crippen LogP contribution in [0.4, 0.5) is 19.4 Å². The van der Waals surface area contributed by atoms with Crippen molar-refractivity contribution in [1.82, 2.24) is 25.1 Å². The molecule has 264 valence electrons. The van der Waals surface area contributed by atoms with E-state index in [1.807, 2.05) is 0 Å². The lowest BCUT2D eigenvalue weighted by Gasteiger charge is -2.32. The van der Waals surface area contributed by atoms with E-state index >= 15 is 4.39 Å². The number of ether oxygens (including phenoxy) is 2. The van der Waals surface area contributed by atoms with Crippen molar-refractivity contribution in [2.45, 2.75) is 51.3 Å². The quantitative estimate of drug-likeness (QED) is 0.101. The minimum atomic E-state index is -2.04. The smallest absolute Gasteiger partial charge is 0.418 e. The van der Waals surface area contributed by atoms with Crippen LogP contribution < -0.4 is 14.8 Å². The number of thiazole rings is 1. The van der Waals surface area contributed by atoms with Crippen molar-refractivity contribution in [2.24, 2.45) is 0 Å². The van der Waals surface area contributed by atoms with Crippen LogP contribution in [0.2, 0.25) is 0 Å². The third-order valence-corrected chi connectivity index (χ3v) is 9.27. The zero-order valence-corrected chi connectivity index (χ0v) is 29.1. The number of aliphatic hydroxyl groups is 1. The second-order valence-electron chi connectivity index (χ2n) is 11.7. The van der Waals surface area contributed by atoms with Crippen LogP contribution in [0, 0.1) is 23.0 Å².